The molecule has 1 amide bonds. The van der Waals surface area contributed by atoms with Crippen molar-refractivity contribution >= 4 is 33.8 Å². The summed E-state index contributed by atoms with van der Waals surface area (Å²) in [4.78, 5) is 26.6. The van der Waals surface area contributed by atoms with E-state index in [1.54, 1.807) is 33.9 Å². The molecule has 2 saturated heterocycles. The number of aromatic nitrogens is 6. The molecule has 6 rings (SSSR count). The Kier molecular flexibility index (Phi) is 6.07. The number of carbonyl (C=O) groups is 1. The lowest BCUT2D eigenvalue weighted by molar-refractivity contribution is 0.102. The van der Waals surface area contributed by atoms with Gasteiger partial charge in [0, 0.05) is 62.6 Å². The van der Waals surface area contributed by atoms with Crippen LogP contribution in [0.3, 0.4) is 0 Å². The molecule has 6 heterocycles. The molecule has 4 aromatic rings. The van der Waals surface area contributed by atoms with E-state index in [2.05, 4.69) is 30.2 Å². The number of amides is 1. The van der Waals surface area contributed by atoms with Crippen molar-refractivity contribution < 1.29 is 13.9 Å². The van der Waals surface area contributed by atoms with Gasteiger partial charge in [0.25, 0.3) is 5.91 Å². The molecule has 1 atom stereocenters. The molecule has 0 unspecified atom stereocenters. The minimum Gasteiger partial charge on any atom is -0.353 e. The number of fused-ring (bicyclic) bond motifs is 1. The van der Waals surface area contributed by atoms with Gasteiger partial charge in [-0.05, 0) is 31.0 Å². The quantitative estimate of drug-likeness (QED) is 0.360. The van der Waals surface area contributed by atoms with E-state index in [9.17, 15) is 13.9 Å². The van der Waals surface area contributed by atoms with Crippen LogP contribution in [-0.2, 0) is 0 Å². The zero-order valence-corrected chi connectivity index (χ0v) is 21.3. The molecule has 0 saturated carbocycles. The Bertz CT molecular complexity index is 1430. The number of piperazine rings is 1. The zero-order valence-electron chi connectivity index (χ0n) is 20.4. The minimum absolute atomic E-state index is 0.218. The van der Waals surface area contributed by atoms with Crippen LogP contribution < -0.4 is 10.2 Å². The smallest absolute Gasteiger partial charge is 0.262 e. The number of anilines is 2. The van der Waals surface area contributed by atoms with Crippen molar-refractivity contribution in [2.45, 2.75) is 19.4 Å². The maximum absolute atomic E-state index is 13.2. The fraction of sp³-hybridized carbons (Fsp3) is 0.375. The summed E-state index contributed by atoms with van der Waals surface area (Å²) >= 11 is 0. The summed E-state index contributed by atoms with van der Waals surface area (Å²) in [5.74, 6) is 2.47. The average molecular weight is 524 g/mol. The van der Waals surface area contributed by atoms with Gasteiger partial charge in [-0.3, -0.25) is 18.8 Å². The van der Waals surface area contributed by atoms with Crippen LogP contribution in [0.5, 0.6) is 0 Å². The van der Waals surface area contributed by atoms with Gasteiger partial charge in [-0.1, -0.05) is 6.07 Å². The highest BCUT2D eigenvalue weighted by Gasteiger charge is 2.34. The second-order valence-electron chi connectivity index (χ2n) is 9.53. The molecule has 13 heteroatoms. The molecular weight excluding hydrogens is 494 g/mol. The summed E-state index contributed by atoms with van der Waals surface area (Å²) in [7, 11) is -2.42. The molecule has 2 fully saturated rings. The van der Waals surface area contributed by atoms with Crippen LogP contribution in [0.2, 0.25) is 0 Å². The number of nitrogens with zero attached hydrogens (tertiary/aromatic N) is 8. The van der Waals surface area contributed by atoms with Crippen molar-refractivity contribution in [3.8, 4) is 5.82 Å². The van der Waals surface area contributed by atoms with Crippen molar-refractivity contribution in [3.63, 3.8) is 0 Å². The van der Waals surface area contributed by atoms with Crippen molar-refractivity contribution in [1.82, 2.24) is 34.3 Å². The third kappa shape index (κ3) is 4.78. The maximum atomic E-state index is 13.2. The third-order valence-electron chi connectivity index (χ3n) is 6.97. The van der Waals surface area contributed by atoms with Gasteiger partial charge in [0.2, 0.25) is 0 Å². The Morgan fingerprint density at radius 2 is 1.95 bits per heavy atom. The summed E-state index contributed by atoms with van der Waals surface area (Å²) in [5.41, 5.74) is 1.86. The van der Waals surface area contributed by atoms with Gasteiger partial charge in [-0.15, -0.1) is 5.10 Å². The predicted molar refractivity (Wildman–Crippen MR) is 142 cm³/mol. The van der Waals surface area contributed by atoms with Gasteiger partial charge >= 0.3 is 0 Å². The second kappa shape index (κ2) is 9.41. The second-order valence-corrected chi connectivity index (χ2v) is 11.9. The number of aryl methyl sites for hydroxylation is 1. The Morgan fingerprint density at radius 3 is 2.68 bits per heavy atom. The van der Waals surface area contributed by atoms with Crippen LogP contribution in [0.25, 0.3) is 11.5 Å². The Morgan fingerprint density at radius 1 is 1.11 bits per heavy atom. The average Bonchev–Trinajstić information content (AvgIpc) is 3.61. The summed E-state index contributed by atoms with van der Waals surface area (Å²) < 4.78 is 23.2. The summed E-state index contributed by atoms with van der Waals surface area (Å²) in [5, 5.41) is 12.0. The van der Waals surface area contributed by atoms with Crippen LogP contribution in [0.1, 0.15) is 22.3 Å². The Balaban J connectivity index is 1.24. The number of hydrogen-bond acceptors (Lipinski definition) is 9. The Hall–Kier alpha value is -3.52. The first kappa shape index (κ1) is 23.9. The topological polar surface area (TPSA) is 137 Å². The van der Waals surface area contributed by atoms with Crippen LogP contribution in [-0.4, -0.2) is 93.0 Å². The van der Waals surface area contributed by atoms with Gasteiger partial charge in [0.15, 0.2) is 17.3 Å². The molecule has 0 spiro atoms. The molecular formula is C24H29N9O3S. The maximum Gasteiger partial charge on any atom is 0.262 e. The molecule has 37 heavy (non-hydrogen) atoms. The predicted octanol–water partition coefficient (Wildman–Crippen LogP) is 2.52. The molecule has 2 aliphatic heterocycles. The zero-order chi connectivity index (χ0) is 25.6. The molecule has 4 aromatic heterocycles. The van der Waals surface area contributed by atoms with Crippen molar-refractivity contribution in [2.75, 3.05) is 47.9 Å². The molecule has 12 nitrogen and oxygen atoms in total. The van der Waals surface area contributed by atoms with E-state index < -0.39 is 10.6 Å². The highest BCUT2D eigenvalue weighted by Crippen LogP contribution is 2.47. The lowest BCUT2D eigenvalue weighted by Crippen LogP contribution is -2.50. The van der Waals surface area contributed by atoms with Crippen LogP contribution in [0, 0.1) is 6.92 Å². The molecule has 3 N–H and O–H groups in total. The van der Waals surface area contributed by atoms with Crippen LogP contribution in [0.4, 0.5) is 11.6 Å². The van der Waals surface area contributed by atoms with Gasteiger partial charge < -0.3 is 10.2 Å². The normalized spacial score (nSPS) is 20.8. The fourth-order valence-corrected chi connectivity index (χ4v) is 6.76. The molecule has 0 aromatic carbocycles. The summed E-state index contributed by atoms with van der Waals surface area (Å²) in [6.45, 7) is 5.09. The molecule has 0 aliphatic carbocycles. The number of pyridine rings is 1. The van der Waals surface area contributed by atoms with E-state index in [0.29, 0.717) is 34.4 Å². The highest BCUT2D eigenvalue weighted by atomic mass is 32.3. The first-order valence-corrected chi connectivity index (χ1v) is 14.1. The molecule has 2 aliphatic rings. The number of nitrogens with one attached hydrogen (secondary N) is 1. The monoisotopic (exact) mass is 523 g/mol. The number of rotatable bonds is 5. The fourth-order valence-electron chi connectivity index (χ4n) is 4.95. The highest BCUT2D eigenvalue weighted by molar-refractivity contribution is 8.24. The van der Waals surface area contributed by atoms with Gasteiger partial charge in [-0.2, -0.15) is 20.4 Å². The molecule has 0 bridgehead atoms. The van der Waals surface area contributed by atoms with Crippen LogP contribution >= 0.6 is 10.6 Å². The van der Waals surface area contributed by atoms with E-state index in [4.69, 9.17) is 5.10 Å². The van der Waals surface area contributed by atoms with Crippen LogP contribution in [0.15, 0.2) is 49.1 Å². The van der Waals surface area contributed by atoms with E-state index in [0.717, 1.165) is 44.0 Å². The number of carbonyl (C=O) groups excluding carboxylic acids is 1. The first-order chi connectivity index (χ1) is 17.9. The van der Waals surface area contributed by atoms with Gasteiger partial charge in [-0.25, -0.2) is 14.5 Å². The lowest BCUT2D eigenvalue weighted by atomic mass is 10.2. The minimum atomic E-state index is -2.42. The van der Waals surface area contributed by atoms with Crippen molar-refractivity contribution in [1.29, 1.82) is 0 Å². The molecule has 0 radical (unpaired) electrons. The van der Waals surface area contributed by atoms with Crippen molar-refractivity contribution in [3.05, 3.63) is 60.2 Å². The van der Waals surface area contributed by atoms with Crippen molar-refractivity contribution in [2.24, 2.45) is 0 Å². The van der Waals surface area contributed by atoms with Gasteiger partial charge in [0.05, 0.1) is 11.9 Å². The van der Waals surface area contributed by atoms with E-state index in [-0.39, 0.29) is 11.9 Å². The molecule has 194 valence electrons. The Labute approximate surface area is 215 Å². The largest absolute Gasteiger partial charge is 0.353 e. The van der Waals surface area contributed by atoms with E-state index in [1.807, 2.05) is 25.1 Å². The third-order valence-corrected chi connectivity index (χ3v) is 8.77. The standard InChI is InChI=1S/C24H29N9O3S/c1-17-3-4-20(26-14-17)33-21(28-24(34)19-15-27-32-7-2-6-25-23(19)32)13-22(29-33)31-10-8-30(9-11-31)18-5-12-37(35,36)16-18/h2-4,6-7,13-15,18,35-36H,5,8-12,16H2,1H3,(H,28,34)/t18-/m1/s1. The summed E-state index contributed by atoms with van der Waals surface area (Å²) in [6.07, 6.45) is 7.46. The first-order valence-electron chi connectivity index (χ1n) is 12.2. The van der Waals surface area contributed by atoms with E-state index in [1.165, 1.54) is 6.20 Å². The van der Waals surface area contributed by atoms with E-state index >= 15 is 0 Å². The lowest BCUT2D eigenvalue weighted by Gasteiger charge is -2.38. The summed E-state index contributed by atoms with van der Waals surface area (Å²) in [6, 6.07) is 7.66. The van der Waals surface area contributed by atoms with Gasteiger partial charge in [0.1, 0.15) is 11.4 Å². The SMILES string of the molecule is Cc1ccc(-n2nc(N3CCN([C@@H]4CCS(O)(O)C4)CC3)cc2NC(=O)c2cnn3cccnc23)nc1. The number of hydrogen-bond donors (Lipinski definition) is 3.